The molecule has 4 nitrogen and oxygen atoms in total. The van der Waals surface area contributed by atoms with Crippen molar-refractivity contribution in [2.75, 3.05) is 6.54 Å². The zero-order valence-corrected chi connectivity index (χ0v) is 12.2. The highest BCUT2D eigenvalue weighted by Gasteiger charge is 2.39. The van der Waals surface area contributed by atoms with Gasteiger partial charge < -0.3 is 10.4 Å². The Hall–Kier alpha value is -1.84. The number of benzene rings is 1. The van der Waals surface area contributed by atoms with Crippen LogP contribution in [0.4, 0.5) is 0 Å². The van der Waals surface area contributed by atoms with Crippen LogP contribution >= 0.6 is 0 Å². The molecule has 0 heterocycles. The maximum absolute atomic E-state index is 12.3. The van der Waals surface area contributed by atoms with Crippen molar-refractivity contribution >= 4 is 11.9 Å². The first-order valence-electron chi connectivity index (χ1n) is 7.70. The molecule has 1 aromatic rings. The Bertz CT molecular complexity index is 575. The van der Waals surface area contributed by atoms with Crippen molar-refractivity contribution in [3.63, 3.8) is 0 Å². The summed E-state index contributed by atoms with van der Waals surface area (Å²) in [4.78, 5) is 23.2. The van der Waals surface area contributed by atoms with Crippen molar-refractivity contribution < 1.29 is 14.7 Å². The largest absolute Gasteiger partial charge is 0.481 e. The molecule has 0 aliphatic heterocycles. The predicted octanol–water partition coefficient (Wildman–Crippen LogP) is 2.55. The van der Waals surface area contributed by atoms with E-state index in [0.717, 1.165) is 32.1 Å². The molecule has 1 fully saturated rings. The summed E-state index contributed by atoms with van der Waals surface area (Å²) < 4.78 is 0. The van der Waals surface area contributed by atoms with Crippen molar-refractivity contribution in [2.24, 2.45) is 5.41 Å². The average Bonchev–Trinajstić information content (AvgIpc) is 2.88. The number of aliphatic carboxylic acids is 1. The average molecular weight is 287 g/mol. The van der Waals surface area contributed by atoms with E-state index in [2.05, 4.69) is 5.32 Å². The van der Waals surface area contributed by atoms with Gasteiger partial charge in [-0.25, -0.2) is 0 Å². The Morgan fingerprint density at radius 2 is 1.90 bits per heavy atom. The smallest absolute Gasteiger partial charge is 0.303 e. The molecule has 4 heteroatoms. The molecule has 0 unspecified atom stereocenters. The summed E-state index contributed by atoms with van der Waals surface area (Å²) in [5.41, 5.74) is 3.11. The second-order valence-corrected chi connectivity index (χ2v) is 6.44. The Labute approximate surface area is 124 Å². The van der Waals surface area contributed by atoms with Crippen molar-refractivity contribution in [1.82, 2.24) is 5.32 Å². The highest BCUT2D eigenvalue weighted by atomic mass is 16.4. The number of amides is 1. The van der Waals surface area contributed by atoms with E-state index in [9.17, 15) is 9.59 Å². The van der Waals surface area contributed by atoms with Crippen LogP contribution in [-0.2, 0) is 17.6 Å². The van der Waals surface area contributed by atoms with Gasteiger partial charge in [0, 0.05) is 12.1 Å². The van der Waals surface area contributed by atoms with Crippen LogP contribution in [0.15, 0.2) is 18.2 Å². The van der Waals surface area contributed by atoms with Gasteiger partial charge in [-0.3, -0.25) is 9.59 Å². The normalized spacial score (nSPS) is 18.7. The SMILES string of the molecule is O=C(O)CC1(CNC(=O)c2ccc3c(c2)CCC3)CCC1. The summed E-state index contributed by atoms with van der Waals surface area (Å²) in [7, 11) is 0. The summed E-state index contributed by atoms with van der Waals surface area (Å²) in [5.74, 6) is -0.858. The number of rotatable bonds is 5. The van der Waals surface area contributed by atoms with Crippen LogP contribution in [0.5, 0.6) is 0 Å². The van der Waals surface area contributed by atoms with E-state index in [4.69, 9.17) is 5.11 Å². The van der Waals surface area contributed by atoms with Crippen LogP contribution < -0.4 is 5.32 Å². The van der Waals surface area contributed by atoms with E-state index in [-0.39, 0.29) is 17.7 Å². The summed E-state index contributed by atoms with van der Waals surface area (Å²) >= 11 is 0. The molecule has 21 heavy (non-hydrogen) atoms. The number of aryl methyl sites for hydroxylation is 2. The molecule has 112 valence electrons. The summed E-state index contributed by atoms with van der Waals surface area (Å²) in [6.45, 7) is 0.467. The van der Waals surface area contributed by atoms with E-state index < -0.39 is 5.97 Å². The van der Waals surface area contributed by atoms with Gasteiger partial charge in [-0.2, -0.15) is 0 Å². The zero-order chi connectivity index (χ0) is 14.9. The summed E-state index contributed by atoms with van der Waals surface area (Å²) in [5, 5.41) is 11.9. The van der Waals surface area contributed by atoms with Gasteiger partial charge in [0.15, 0.2) is 0 Å². The van der Waals surface area contributed by atoms with Crippen LogP contribution in [0.1, 0.15) is 53.6 Å². The molecule has 0 radical (unpaired) electrons. The molecule has 1 saturated carbocycles. The van der Waals surface area contributed by atoms with E-state index in [0.29, 0.717) is 12.1 Å². The lowest BCUT2D eigenvalue weighted by molar-refractivity contribution is -0.141. The third-order valence-corrected chi connectivity index (χ3v) is 4.93. The van der Waals surface area contributed by atoms with Gasteiger partial charge in [-0.15, -0.1) is 0 Å². The van der Waals surface area contributed by atoms with Crippen molar-refractivity contribution in [3.05, 3.63) is 34.9 Å². The van der Waals surface area contributed by atoms with E-state index in [1.807, 2.05) is 18.2 Å². The van der Waals surface area contributed by atoms with Gasteiger partial charge in [-0.05, 0) is 60.8 Å². The Morgan fingerprint density at radius 3 is 2.57 bits per heavy atom. The first kappa shape index (κ1) is 14.1. The molecular weight excluding hydrogens is 266 g/mol. The predicted molar refractivity (Wildman–Crippen MR) is 79.3 cm³/mol. The first-order chi connectivity index (χ1) is 10.1. The Morgan fingerprint density at radius 1 is 1.14 bits per heavy atom. The van der Waals surface area contributed by atoms with Gasteiger partial charge in [0.2, 0.25) is 0 Å². The lowest BCUT2D eigenvalue weighted by Crippen LogP contribution is -2.43. The van der Waals surface area contributed by atoms with Crippen LogP contribution in [-0.4, -0.2) is 23.5 Å². The number of hydrogen-bond donors (Lipinski definition) is 2. The molecule has 2 aliphatic rings. The van der Waals surface area contributed by atoms with Gasteiger partial charge >= 0.3 is 5.97 Å². The fraction of sp³-hybridized carbons (Fsp3) is 0.529. The molecule has 3 rings (SSSR count). The molecule has 0 spiro atoms. The second kappa shape index (κ2) is 5.51. The van der Waals surface area contributed by atoms with Gasteiger partial charge in [0.05, 0.1) is 6.42 Å². The van der Waals surface area contributed by atoms with E-state index in [1.165, 1.54) is 17.5 Å². The minimum atomic E-state index is -0.776. The Balaban J connectivity index is 1.62. The first-order valence-corrected chi connectivity index (χ1v) is 7.70. The maximum atomic E-state index is 12.3. The molecule has 0 saturated heterocycles. The second-order valence-electron chi connectivity index (χ2n) is 6.44. The van der Waals surface area contributed by atoms with Gasteiger partial charge in [0.1, 0.15) is 0 Å². The van der Waals surface area contributed by atoms with Crippen molar-refractivity contribution in [1.29, 1.82) is 0 Å². The summed E-state index contributed by atoms with van der Waals surface area (Å²) in [6.07, 6.45) is 6.33. The van der Waals surface area contributed by atoms with Crippen LogP contribution in [0, 0.1) is 5.41 Å². The van der Waals surface area contributed by atoms with Crippen molar-refractivity contribution in [2.45, 2.75) is 44.9 Å². The fourth-order valence-corrected chi connectivity index (χ4v) is 3.50. The minimum absolute atomic E-state index is 0.0821. The number of carbonyl (C=O) groups is 2. The van der Waals surface area contributed by atoms with Gasteiger partial charge in [-0.1, -0.05) is 12.5 Å². The topological polar surface area (TPSA) is 66.4 Å². The highest BCUT2D eigenvalue weighted by molar-refractivity contribution is 5.94. The minimum Gasteiger partial charge on any atom is -0.481 e. The van der Waals surface area contributed by atoms with E-state index >= 15 is 0 Å². The zero-order valence-electron chi connectivity index (χ0n) is 12.2. The van der Waals surface area contributed by atoms with Crippen LogP contribution in [0.2, 0.25) is 0 Å². The standard InChI is InChI=1S/C17H21NO3/c19-15(20)10-17(7-2-8-17)11-18-16(21)14-6-5-12-3-1-4-13(12)9-14/h5-6,9H,1-4,7-8,10-11H2,(H,18,21)(H,19,20). The fourth-order valence-electron chi connectivity index (χ4n) is 3.50. The van der Waals surface area contributed by atoms with Crippen LogP contribution in [0.3, 0.4) is 0 Å². The lowest BCUT2D eigenvalue weighted by Gasteiger charge is -2.40. The molecule has 2 aliphatic carbocycles. The number of carbonyl (C=O) groups excluding carboxylic acids is 1. The van der Waals surface area contributed by atoms with Crippen LogP contribution in [0.25, 0.3) is 0 Å². The monoisotopic (exact) mass is 287 g/mol. The molecule has 0 atom stereocenters. The summed E-state index contributed by atoms with van der Waals surface area (Å²) in [6, 6.07) is 5.92. The molecule has 1 amide bonds. The molecule has 1 aromatic carbocycles. The molecular formula is C17H21NO3. The van der Waals surface area contributed by atoms with E-state index in [1.54, 1.807) is 0 Å². The molecule has 0 aromatic heterocycles. The third-order valence-electron chi connectivity index (χ3n) is 4.93. The number of hydrogen-bond acceptors (Lipinski definition) is 2. The highest BCUT2D eigenvalue weighted by Crippen LogP contribution is 2.43. The number of carboxylic acids is 1. The number of fused-ring (bicyclic) bond motifs is 1. The number of carboxylic acid groups (broad SMARTS) is 1. The van der Waals surface area contributed by atoms with Gasteiger partial charge in [0.25, 0.3) is 5.91 Å². The molecule has 2 N–H and O–H groups in total. The maximum Gasteiger partial charge on any atom is 0.303 e. The lowest BCUT2D eigenvalue weighted by atomic mass is 9.66. The number of nitrogens with one attached hydrogen (secondary N) is 1. The molecule has 0 bridgehead atoms. The quantitative estimate of drug-likeness (QED) is 0.874. The Kier molecular flexibility index (Phi) is 3.70. The third kappa shape index (κ3) is 2.94. The van der Waals surface area contributed by atoms with Crippen molar-refractivity contribution in [3.8, 4) is 0 Å².